The van der Waals surface area contributed by atoms with Crippen molar-refractivity contribution in [2.24, 2.45) is 0 Å². The minimum atomic E-state index is -3.12. The summed E-state index contributed by atoms with van der Waals surface area (Å²) >= 11 is 0. The van der Waals surface area contributed by atoms with Gasteiger partial charge in [0.05, 0.1) is 13.7 Å². The monoisotopic (exact) mass is 271 g/mol. The highest BCUT2D eigenvalue weighted by atomic mass is 19.3. The largest absolute Gasteiger partial charge is 0.495 e. The number of ether oxygens (including phenoxy) is 3. The molecule has 0 aromatic heterocycles. The number of esters is 1. The first kappa shape index (κ1) is 14.7. The molecule has 1 aromatic carbocycles. The quantitative estimate of drug-likeness (QED) is 0.769. The molecule has 0 unspecified atom stereocenters. The third kappa shape index (κ3) is 3.31. The molecule has 0 saturated carbocycles. The van der Waals surface area contributed by atoms with Crippen molar-refractivity contribution in [2.45, 2.75) is 13.5 Å². The summed E-state index contributed by atoms with van der Waals surface area (Å²) in [4.78, 5) is 11.7. The zero-order valence-corrected chi connectivity index (χ0v) is 10.3. The van der Waals surface area contributed by atoms with Crippen LogP contribution in [-0.2, 0) is 4.74 Å². The fourth-order valence-electron chi connectivity index (χ4n) is 1.45. The molecule has 0 aliphatic heterocycles. The molecule has 0 saturated heterocycles. The predicted molar refractivity (Wildman–Crippen MR) is 60.3 cm³/mol. The van der Waals surface area contributed by atoms with E-state index in [-0.39, 0.29) is 23.5 Å². The maximum absolute atomic E-state index is 12.3. The molecule has 5 nitrogen and oxygen atoms in total. The average molecular weight is 271 g/mol. The normalized spacial score (nSPS) is 9.89. The smallest absolute Gasteiger partial charge is 0.387 e. The van der Waals surface area contributed by atoms with Gasteiger partial charge in [0.25, 0.3) is 0 Å². The Kier molecular flexibility index (Phi) is 5.06. The molecule has 7 heteroatoms. The number of carbonyl (C=O) groups excluding carboxylic acids is 1. The van der Waals surface area contributed by atoms with Gasteiger partial charge in [-0.05, 0) is 19.1 Å². The molecule has 0 amide bonds. The molecule has 19 heavy (non-hydrogen) atoms. The van der Waals surface area contributed by atoms with E-state index in [0.717, 1.165) is 6.07 Å². The van der Waals surface area contributed by atoms with Gasteiger partial charge in [0.1, 0.15) is 28.7 Å². The number of nitriles is 1. The van der Waals surface area contributed by atoms with Crippen LogP contribution in [0.25, 0.3) is 0 Å². The Morgan fingerprint density at radius 1 is 1.42 bits per heavy atom. The van der Waals surface area contributed by atoms with Crippen molar-refractivity contribution in [3.8, 4) is 17.6 Å². The molecular formula is C12H11F2NO4. The number of hydrogen-bond donors (Lipinski definition) is 0. The molecule has 0 heterocycles. The van der Waals surface area contributed by atoms with Crippen molar-refractivity contribution in [3.63, 3.8) is 0 Å². The van der Waals surface area contributed by atoms with Crippen LogP contribution in [-0.4, -0.2) is 26.3 Å². The van der Waals surface area contributed by atoms with Crippen molar-refractivity contribution in [1.29, 1.82) is 5.26 Å². The number of rotatable bonds is 5. The molecule has 1 aromatic rings. The van der Waals surface area contributed by atoms with E-state index in [1.807, 2.05) is 0 Å². The molecule has 0 aliphatic carbocycles. The van der Waals surface area contributed by atoms with Crippen LogP contribution in [0.4, 0.5) is 8.78 Å². The molecule has 0 bridgehead atoms. The van der Waals surface area contributed by atoms with Crippen LogP contribution < -0.4 is 9.47 Å². The highest BCUT2D eigenvalue weighted by molar-refractivity contribution is 5.96. The second-order valence-electron chi connectivity index (χ2n) is 3.23. The SMILES string of the molecule is CCOC(=O)c1c(OC(F)F)ccc(OC)c1C#N. The fraction of sp³-hybridized carbons (Fsp3) is 0.333. The van der Waals surface area contributed by atoms with Gasteiger partial charge in [-0.3, -0.25) is 0 Å². The Morgan fingerprint density at radius 2 is 2.05 bits per heavy atom. The van der Waals surface area contributed by atoms with Gasteiger partial charge in [-0.25, -0.2) is 4.79 Å². The highest BCUT2D eigenvalue weighted by Crippen LogP contribution is 2.31. The highest BCUT2D eigenvalue weighted by Gasteiger charge is 2.24. The summed E-state index contributed by atoms with van der Waals surface area (Å²) in [6.07, 6.45) is 0. The van der Waals surface area contributed by atoms with E-state index in [1.165, 1.54) is 13.2 Å². The van der Waals surface area contributed by atoms with E-state index in [9.17, 15) is 13.6 Å². The van der Waals surface area contributed by atoms with Crippen molar-refractivity contribution >= 4 is 5.97 Å². The van der Waals surface area contributed by atoms with Gasteiger partial charge < -0.3 is 14.2 Å². The Hall–Kier alpha value is -2.36. The van der Waals surface area contributed by atoms with Gasteiger partial charge in [-0.1, -0.05) is 0 Å². The summed E-state index contributed by atoms with van der Waals surface area (Å²) in [5.41, 5.74) is -0.580. The first-order chi connectivity index (χ1) is 9.04. The number of carbonyl (C=O) groups is 1. The van der Waals surface area contributed by atoms with Crippen molar-refractivity contribution < 1.29 is 27.8 Å². The average Bonchev–Trinajstić information content (AvgIpc) is 2.37. The number of nitrogens with zero attached hydrogens (tertiary/aromatic N) is 1. The van der Waals surface area contributed by atoms with Gasteiger partial charge in [0.15, 0.2) is 0 Å². The lowest BCUT2D eigenvalue weighted by Gasteiger charge is -2.13. The van der Waals surface area contributed by atoms with E-state index in [2.05, 4.69) is 4.74 Å². The summed E-state index contributed by atoms with van der Waals surface area (Å²) in [6.45, 7) is -1.53. The zero-order valence-electron chi connectivity index (χ0n) is 10.3. The Labute approximate surface area is 108 Å². The molecule has 0 radical (unpaired) electrons. The third-order valence-corrected chi connectivity index (χ3v) is 2.16. The molecular weight excluding hydrogens is 260 g/mol. The van der Waals surface area contributed by atoms with Crippen LogP contribution in [0.5, 0.6) is 11.5 Å². The van der Waals surface area contributed by atoms with Crippen LogP contribution in [0, 0.1) is 11.3 Å². The molecule has 0 fully saturated rings. The molecule has 0 N–H and O–H groups in total. The summed E-state index contributed by atoms with van der Waals surface area (Å²) in [5, 5.41) is 9.03. The minimum Gasteiger partial charge on any atom is -0.495 e. The van der Waals surface area contributed by atoms with Crippen LogP contribution in [0.1, 0.15) is 22.8 Å². The molecule has 0 aliphatic rings. The minimum absolute atomic E-state index is 0.0367. The number of alkyl halides is 2. The molecule has 1 rings (SSSR count). The van der Waals surface area contributed by atoms with Gasteiger partial charge in [0, 0.05) is 0 Å². The second-order valence-corrected chi connectivity index (χ2v) is 3.23. The number of hydrogen-bond acceptors (Lipinski definition) is 5. The zero-order chi connectivity index (χ0) is 14.4. The van der Waals surface area contributed by atoms with E-state index in [4.69, 9.17) is 14.7 Å². The maximum Gasteiger partial charge on any atom is 0.387 e. The summed E-state index contributed by atoms with van der Waals surface area (Å²) in [7, 11) is 1.29. The first-order valence-electron chi connectivity index (χ1n) is 5.28. The van der Waals surface area contributed by atoms with Gasteiger partial charge in [-0.15, -0.1) is 0 Å². The lowest BCUT2D eigenvalue weighted by Crippen LogP contribution is -2.13. The van der Waals surface area contributed by atoms with Gasteiger partial charge in [-0.2, -0.15) is 14.0 Å². The van der Waals surface area contributed by atoms with Crippen LogP contribution in [0.15, 0.2) is 12.1 Å². The maximum atomic E-state index is 12.3. The first-order valence-corrected chi connectivity index (χ1v) is 5.28. The van der Waals surface area contributed by atoms with E-state index in [1.54, 1.807) is 13.0 Å². The Bertz CT molecular complexity index is 511. The fourth-order valence-corrected chi connectivity index (χ4v) is 1.45. The summed E-state index contributed by atoms with van der Waals surface area (Å²) in [5.74, 6) is -1.27. The number of benzene rings is 1. The van der Waals surface area contributed by atoms with Crippen molar-refractivity contribution in [1.82, 2.24) is 0 Å². The molecule has 102 valence electrons. The topological polar surface area (TPSA) is 68.6 Å². The lowest BCUT2D eigenvalue weighted by molar-refractivity contribution is -0.0504. The Balaban J connectivity index is 3.40. The summed E-state index contributed by atoms with van der Waals surface area (Å²) in [6, 6.07) is 4.10. The van der Waals surface area contributed by atoms with Crippen LogP contribution in [0.2, 0.25) is 0 Å². The second kappa shape index (κ2) is 6.54. The third-order valence-electron chi connectivity index (χ3n) is 2.16. The van der Waals surface area contributed by atoms with Gasteiger partial charge >= 0.3 is 12.6 Å². The van der Waals surface area contributed by atoms with Crippen molar-refractivity contribution in [2.75, 3.05) is 13.7 Å². The predicted octanol–water partition coefficient (Wildman–Crippen LogP) is 2.34. The van der Waals surface area contributed by atoms with Crippen LogP contribution in [0.3, 0.4) is 0 Å². The van der Waals surface area contributed by atoms with Crippen LogP contribution >= 0.6 is 0 Å². The van der Waals surface area contributed by atoms with Gasteiger partial charge in [0.2, 0.25) is 0 Å². The van der Waals surface area contributed by atoms with E-state index in [0.29, 0.717) is 0 Å². The number of halogens is 2. The lowest BCUT2D eigenvalue weighted by atomic mass is 10.1. The standard InChI is InChI=1S/C12H11F2NO4/c1-3-18-11(16)10-7(6-15)8(17-2)4-5-9(10)19-12(13)14/h4-5,12H,3H2,1-2H3. The van der Waals surface area contributed by atoms with E-state index >= 15 is 0 Å². The van der Waals surface area contributed by atoms with Crippen molar-refractivity contribution in [3.05, 3.63) is 23.3 Å². The molecule has 0 spiro atoms. The number of methoxy groups -OCH3 is 1. The summed E-state index contributed by atoms with van der Waals surface area (Å²) < 4.78 is 38.4. The van der Waals surface area contributed by atoms with E-state index < -0.39 is 18.3 Å². The molecule has 0 atom stereocenters. The Morgan fingerprint density at radius 3 is 2.53 bits per heavy atom.